The van der Waals surface area contributed by atoms with Crippen LogP contribution in [-0.2, 0) is 0 Å². The zero-order chi connectivity index (χ0) is 37.4. The molecule has 0 unspecified atom stereocenters. The maximum absolute atomic E-state index is 6.86. The van der Waals surface area contributed by atoms with Crippen molar-refractivity contribution in [2.75, 3.05) is 0 Å². The number of rotatable bonds is 7. The van der Waals surface area contributed by atoms with Gasteiger partial charge in [0.15, 0.2) is 17.5 Å². The average Bonchev–Trinajstić information content (AvgIpc) is 3.66. The number of nitrogens with zero attached hydrogens (tertiary/aromatic N) is 3. The summed E-state index contributed by atoms with van der Waals surface area (Å²) in [6.07, 6.45) is 0. The van der Waals surface area contributed by atoms with Gasteiger partial charge in [-0.3, -0.25) is 0 Å². The van der Waals surface area contributed by atoms with E-state index in [4.69, 9.17) is 19.4 Å². The fourth-order valence-electron chi connectivity index (χ4n) is 7.54. The number of aryl methyl sites for hydroxylation is 1. The molecule has 0 aliphatic rings. The molecule has 264 valence electrons. The summed E-state index contributed by atoms with van der Waals surface area (Å²) in [5.41, 5.74) is 14.4. The summed E-state index contributed by atoms with van der Waals surface area (Å²) in [6.45, 7) is 2.11. The normalized spacial score (nSPS) is 11.3. The maximum atomic E-state index is 6.86. The Morgan fingerprint density at radius 3 is 1.34 bits per heavy atom. The van der Waals surface area contributed by atoms with Gasteiger partial charge in [0, 0.05) is 33.0 Å². The molecule has 2 aromatic heterocycles. The van der Waals surface area contributed by atoms with Crippen LogP contribution in [0.3, 0.4) is 0 Å². The second-order valence-corrected chi connectivity index (χ2v) is 14.1. The Balaban J connectivity index is 1.16. The predicted molar refractivity (Wildman–Crippen MR) is 230 cm³/mol. The van der Waals surface area contributed by atoms with E-state index in [1.165, 1.54) is 5.56 Å². The molecule has 10 aromatic rings. The summed E-state index contributed by atoms with van der Waals surface area (Å²) < 4.78 is 6.86. The second kappa shape index (κ2) is 14.1. The first-order valence-electron chi connectivity index (χ1n) is 18.8. The Morgan fingerprint density at radius 1 is 0.339 bits per heavy atom. The minimum Gasteiger partial charge on any atom is -0.455 e. The average molecular weight is 718 g/mol. The van der Waals surface area contributed by atoms with Crippen LogP contribution >= 0.6 is 0 Å². The summed E-state index contributed by atoms with van der Waals surface area (Å²) >= 11 is 0. The Morgan fingerprint density at radius 2 is 0.768 bits per heavy atom. The van der Waals surface area contributed by atoms with Crippen LogP contribution in [0.25, 0.3) is 101 Å². The van der Waals surface area contributed by atoms with Crippen molar-refractivity contribution in [3.8, 4) is 78.7 Å². The van der Waals surface area contributed by atoms with Gasteiger partial charge in [0.2, 0.25) is 0 Å². The third kappa shape index (κ3) is 6.23. The molecule has 0 spiro atoms. The SMILES string of the molecule is Cc1ccc(-c2cccc(-c3nc(-c4cccc(-c5ccccc5)c4)nc(-c4ccc5c(c4)oc4c(-c6ccccc6)ccc(-c6ccccc6)c45)n3)c2)cc1. The molecule has 0 fully saturated rings. The van der Waals surface area contributed by atoms with Gasteiger partial charge in [-0.05, 0) is 76.2 Å². The molecule has 0 aliphatic heterocycles. The molecule has 2 heterocycles. The van der Waals surface area contributed by atoms with Gasteiger partial charge in [-0.25, -0.2) is 15.0 Å². The Kier molecular flexibility index (Phi) is 8.34. The third-order valence-corrected chi connectivity index (χ3v) is 10.4. The van der Waals surface area contributed by atoms with E-state index in [-0.39, 0.29) is 0 Å². The Bertz CT molecular complexity index is 3010. The number of hydrogen-bond acceptors (Lipinski definition) is 4. The van der Waals surface area contributed by atoms with Gasteiger partial charge in [-0.2, -0.15) is 0 Å². The zero-order valence-corrected chi connectivity index (χ0v) is 30.7. The molecule has 0 N–H and O–H groups in total. The van der Waals surface area contributed by atoms with Gasteiger partial charge in [-0.1, -0.05) is 169 Å². The van der Waals surface area contributed by atoms with Gasteiger partial charge in [0.1, 0.15) is 11.2 Å². The summed E-state index contributed by atoms with van der Waals surface area (Å²) in [6, 6.07) is 67.4. The van der Waals surface area contributed by atoms with E-state index in [0.29, 0.717) is 17.5 Å². The van der Waals surface area contributed by atoms with E-state index in [1.54, 1.807) is 0 Å². The van der Waals surface area contributed by atoms with Crippen LogP contribution in [0.15, 0.2) is 199 Å². The molecule has 0 atom stereocenters. The molecular formula is C52H35N3O. The quantitative estimate of drug-likeness (QED) is 0.165. The standard InChI is InChI=1S/C52H35N3O/c1-34-23-25-36(26-24-34)40-20-12-22-42(32-40)51-53-50(41-21-11-19-39(31-41)35-13-5-2-6-14-35)54-52(55-51)43-27-28-46-47(33-43)56-49-45(38-17-9-4-10-18-38)30-29-44(48(46)49)37-15-7-3-8-16-37/h2-33H,1H3. The first kappa shape index (κ1) is 33.2. The third-order valence-electron chi connectivity index (χ3n) is 10.4. The molecule has 0 bridgehead atoms. The van der Waals surface area contributed by atoms with Crippen LogP contribution in [0.1, 0.15) is 5.56 Å². The van der Waals surface area contributed by atoms with E-state index >= 15 is 0 Å². The highest BCUT2D eigenvalue weighted by Crippen LogP contribution is 2.43. The highest BCUT2D eigenvalue weighted by molar-refractivity contribution is 6.16. The fourth-order valence-corrected chi connectivity index (χ4v) is 7.54. The number of fused-ring (bicyclic) bond motifs is 3. The lowest BCUT2D eigenvalue weighted by molar-refractivity contribution is 0.670. The Labute approximate surface area is 325 Å². The van der Waals surface area contributed by atoms with Crippen molar-refractivity contribution in [2.24, 2.45) is 0 Å². The van der Waals surface area contributed by atoms with E-state index in [2.05, 4.69) is 183 Å². The minimum absolute atomic E-state index is 0.574. The van der Waals surface area contributed by atoms with Crippen molar-refractivity contribution in [3.63, 3.8) is 0 Å². The van der Waals surface area contributed by atoms with Crippen molar-refractivity contribution >= 4 is 21.9 Å². The molecule has 10 rings (SSSR count). The van der Waals surface area contributed by atoms with Crippen molar-refractivity contribution in [3.05, 3.63) is 200 Å². The van der Waals surface area contributed by atoms with Crippen LogP contribution in [0.5, 0.6) is 0 Å². The topological polar surface area (TPSA) is 51.8 Å². The molecule has 4 heteroatoms. The summed E-state index contributed by atoms with van der Waals surface area (Å²) in [5.74, 6) is 1.78. The van der Waals surface area contributed by atoms with E-state index in [1.807, 2.05) is 18.2 Å². The van der Waals surface area contributed by atoms with E-state index in [9.17, 15) is 0 Å². The van der Waals surface area contributed by atoms with E-state index in [0.717, 1.165) is 83.1 Å². The molecule has 56 heavy (non-hydrogen) atoms. The molecule has 0 saturated carbocycles. The zero-order valence-electron chi connectivity index (χ0n) is 30.7. The van der Waals surface area contributed by atoms with Crippen LogP contribution in [-0.4, -0.2) is 15.0 Å². The Hall–Kier alpha value is -7.43. The lowest BCUT2D eigenvalue weighted by Gasteiger charge is -2.11. The van der Waals surface area contributed by atoms with Gasteiger partial charge in [-0.15, -0.1) is 0 Å². The molecule has 0 saturated heterocycles. The molecule has 0 aliphatic carbocycles. The van der Waals surface area contributed by atoms with Crippen molar-refractivity contribution in [1.29, 1.82) is 0 Å². The van der Waals surface area contributed by atoms with Gasteiger partial charge in [0.25, 0.3) is 0 Å². The molecule has 0 amide bonds. The van der Waals surface area contributed by atoms with Crippen LogP contribution < -0.4 is 0 Å². The van der Waals surface area contributed by atoms with Crippen molar-refractivity contribution in [2.45, 2.75) is 6.92 Å². The molecule has 0 radical (unpaired) electrons. The minimum atomic E-state index is 0.574. The lowest BCUT2D eigenvalue weighted by Crippen LogP contribution is -2.00. The van der Waals surface area contributed by atoms with Crippen LogP contribution in [0.4, 0.5) is 0 Å². The fraction of sp³-hybridized carbons (Fsp3) is 0.0192. The second-order valence-electron chi connectivity index (χ2n) is 14.1. The molecule has 8 aromatic carbocycles. The van der Waals surface area contributed by atoms with Crippen molar-refractivity contribution in [1.82, 2.24) is 15.0 Å². The van der Waals surface area contributed by atoms with Gasteiger partial charge >= 0.3 is 0 Å². The van der Waals surface area contributed by atoms with Crippen LogP contribution in [0.2, 0.25) is 0 Å². The number of benzene rings is 8. The maximum Gasteiger partial charge on any atom is 0.164 e. The summed E-state index contributed by atoms with van der Waals surface area (Å²) in [5, 5.41) is 2.12. The lowest BCUT2D eigenvalue weighted by atomic mass is 9.94. The largest absolute Gasteiger partial charge is 0.455 e. The first-order valence-corrected chi connectivity index (χ1v) is 18.8. The van der Waals surface area contributed by atoms with Crippen molar-refractivity contribution < 1.29 is 4.42 Å². The molecular weight excluding hydrogens is 683 g/mol. The van der Waals surface area contributed by atoms with E-state index < -0.39 is 0 Å². The molecule has 4 nitrogen and oxygen atoms in total. The first-order chi connectivity index (χ1) is 27.6. The predicted octanol–water partition coefficient (Wildman–Crippen LogP) is 13.7. The number of furan rings is 1. The van der Waals surface area contributed by atoms with Gasteiger partial charge in [0.05, 0.1) is 0 Å². The highest BCUT2D eigenvalue weighted by atomic mass is 16.3. The monoisotopic (exact) mass is 717 g/mol. The smallest absolute Gasteiger partial charge is 0.164 e. The number of aromatic nitrogens is 3. The highest BCUT2D eigenvalue weighted by Gasteiger charge is 2.20. The summed E-state index contributed by atoms with van der Waals surface area (Å²) in [7, 11) is 0. The van der Waals surface area contributed by atoms with Crippen LogP contribution in [0, 0.1) is 6.92 Å². The van der Waals surface area contributed by atoms with Gasteiger partial charge < -0.3 is 4.42 Å². The summed E-state index contributed by atoms with van der Waals surface area (Å²) in [4.78, 5) is 15.4. The number of hydrogen-bond donors (Lipinski definition) is 0.